The monoisotopic (exact) mass is 211 g/mol. The average Bonchev–Trinajstić information content (AvgIpc) is 2.57. The first-order valence-corrected chi connectivity index (χ1v) is 5.71. The van der Waals surface area contributed by atoms with Crippen molar-refractivity contribution in [1.82, 2.24) is 5.32 Å². The standard InChI is InChI=1S/C12H21NO2/c1-5-6-7-9(4)10-11(8(2)3)15-12(14)13-10/h8,10-11H,4-7H2,1-3H3,(H,13,14)/t10-,11+/m1/s1. The molecule has 0 aromatic rings. The van der Waals surface area contributed by atoms with E-state index in [9.17, 15) is 4.79 Å². The Kier molecular flexibility index (Phi) is 4.18. The van der Waals surface area contributed by atoms with Gasteiger partial charge in [0.25, 0.3) is 0 Å². The average molecular weight is 211 g/mol. The zero-order valence-electron chi connectivity index (χ0n) is 9.88. The lowest BCUT2D eigenvalue weighted by molar-refractivity contribution is 0.106. The number of carbonyl (C=O) groups excluding carboxylic acids is 1. The molecule has 0 saturated carbocycles. The van der Waals surface area contributed by atoms with Gasteiger partial charge in [0.05, 0.1) is 6.04 Å². The number of carbonyl (C=O) groups is 1. The molecule has 0 aliphatic carbocycles. The largest absolute Gasteiger partial charge is 0.443 e. The van der Waals surface area contributed by atoms with E-state index in [2.05, 4.69) is 32.7 Å². The maximum Gasteiger partial charge on any atom is 0.408 e. The summed E-state index contributed by atoms with van der Waals surface area (Å²) in [6, 6.07) is 0.00375. The van der Waals surface area contributed by atoms with Crippen LogP contribution >= 0.6 is 0 Å². The van der Waals surface area contributed by atoms with Crippen molar-refractivity contribution in [3.63, 3.8) is 0 Å². The quantitative estimate of drug-likeness (QED) is 0.710. The molecule has 3 nitrogen and oxygen atoms in total. The van der Waals surface area contributed by atoms with Gasteiger partial charge in [-0.3, -0.25) is 0 Å². The molecular weight excluding hydrogens is 190 g/mol. The van der Waals surface area contributed by atoms with E-state index in [1.54, 1.807) is 0 Å². The molecule has 86 valence electrons. The minimum absolute atomic E-state index is 0.00375. The number of cyclic esters (lactones) is 1. The zero-order chi connectivity index (χ0) is 11.4. The van der Waals surface area contributed by atoms with Crippen molar-refractivity contribution in [3.05, 3.63) is 12.2 Å². The number of alkyl carbamates (subject to hydrolysis) is 1. The first-order chi connectivity index (χ1) is 7.06. The molecule has 3 heteroatoms. The van der Waals surface area contributed by atoms with E-state index in [0.717, 1.165) is 24.8 Å². The van der Waals surface area contributed by atoms with Gasteiger partial charge >= 0.3 is 6.09 Å². The van der Waals surface area contributed by atoms with Crippen LogP contribution in [0.1, 0.15) is 40.0 Å². The molecule has 1 saturated heterocycles. The van der Waals surface area contributed by atoms with E-state index in [1.165, 1.54) is 0 Å². The third-order valence-corrected chi connectivity index (χ3v) is 2.79. The molecule has 1 heterocycles. The van der Waals surface area contributed by atoms with E-state index in [-0.39, 0.29) is 18.2 Å². The molecule has 0 spiro atoms. The second-order valence-corrected chi connectivity index (χ2v) is 4.50. The van der Waals surface area contributed by atoms with Crippen LogP contribution in [0.4, 0.5) is 4.79 Å². The van der Waals surface area contributed by atoms with Gasteiger partial charge in [-0.25, -0.2) is 4.79 Å². The number of ether oxygens (including phenoxy) is 1. The third kappa shape index (κ3) is 2.98. The number of hydrogen-bond acceptors (Lipinski definition) is 2. The Bertz CT molecular complexity index is 248. The zero-order valence-corrected chi connectivity index (χ0v) is 9.88. The fourth-order valence-electron chi connectivity index (χ4n) is 1.85. The van der Waals surface area contributed by atoms with Crippen LogP contribution < -0.4 is 5.32 Å². The number of amides is 1. The second-order valence-electron chi connectivity index (χ2n) is 4.50. The van der Waals surface area contributed by atoms with Crippen molar-refractivity contribution in [2.75, 3.05) is 0 Å². The van der Waals surface area contributed by atoms with Crippen molar-refractivity contribution < 1.29 is 9.53 Å². The van der Waals surface area contributed by atoms with Gasteiger partial charge in [0, 0.05) is 0 Å². The van der Waals surface area contributed by atoms with Crippen molar-refractivity contribution in [2.24, 2.45) is 5.92 Å². The highest BCUT2D eigenvalue weighted by molar-refractivity contribution is 5.71. The van der Waals surface area contributed by atoms with E-state index in [0.29, 0.717) is 5.92 Å². The lowest BCUT2D eigenvalue weighted by atomic mass is 9.92. The molecular formula is C12H21NO2. The maximum atomic E-state index is 11.2. The normalized spacial score (nSPS) is 25.2. The van der Waals surface area contributed by atoms with Crippen LogP contribution in [-0.2, 0) is 4.74 Å². The molecule has 0 radical (unpaired) electrons. The number of hydrogen-bond donors (Lipinski definition) is 1. The van der Waals surface area contributed by atoms with Gasteiger partial charge in [-0.1, -0.05) is 39.3 Å². The highest BCUT2D eigenvalue weighted by atomic mass is 16.6. The summed E-state index contributed by atoms with van der Waals surface area (Å²) in [4.78, 5) is 11.2. The topological polar surface area (TPSA) is 38.3 Å². The van der Waals surface area contributed by atoms with Crippen LogP contribution in [0.3, 0.4) is 0 Å². The van der Waals surface area contributed by atoms with Gasteiger partial charge in [-0.2, -0.15) is 0 Å². The number of rotatable bonds is 5. The molecule has 1 aliphatic rings. The smallest absolute Gasteiger partial charge is 0.408 e. The van der Waals surface area contributed by atoms with Gasteiger partial charge in [0.15, 0.2) is 0 Å². The molecule has 0 aromatic carbocycles. The molecule has 2 atom stereocenters. The van der Waals surface area contributed by atoms with E-state index < -0.39 is 0 Å². The molecule has 0 aromatic heterocycles. The highest BCUT2D eigenvalue weighted by Crippen LogP contribution is 2.24. The minimum Gasteiger partial charge on any atom is -0.443 e. The predicted octanol–water partition coefficient (Wildman–Crippen LogP) is 2.87. The molecule has 0 bridgehead atoms. The number of nitrogens with one attached hydrogen (secondary N) is 1. The van der Waals surface area contributed by atoms with Crippen LogP contribution in [0, 0.1) is 5.92 Å². The molecule has 1 rings (SSSR count). The van der Waals surface area contributed by atoms with Gasteiger partial charge < -0.3 is 10.1 Å². The SMILES string of the molecule is C=C(CCCC)[C@H]1NC(=O)O[C@H]1C(C)C. The van der Waals surface area contributed by atoms with Gasteiger partial charge in [-0.05, 0) is 18.8 Å². The van der Waals surface area contributed by atoms with Crippen LogP contribution in [-0.4, -0.2) is 18.2 Å². The van der Waals surface area contributed by atoms with Crippen molar-refractivity contribution in [1.29, 1.82) is 0 Å². The Balaban J connectivity index is 2.58. The first-order valence-electron chi connectivity index (χ1n) is 5.71. The van der Waals surface area contributed by atoms with Gasteiger partial charge in [0.1, 0.15) is 6.10 Å². The third-order valence-electron chi connectivity index (χ3n) is 2.79. The number of unbranched alkanes of at least 4 members (excludes halogenated alkanes) is 1. The Morgan fingerprint density at radius 2 is 2.27 bits per heavy atom. The molecule has 1 aliphatic heterocycles. The Morgan fingerprint density at radius 1 is 1.60 bits per heavy atom. The fraction of sp³-hybridized carbons (Fsp3) is 0.750. The molecule has 1 fully saturated rings. The fourth-order valence-corrected chi connectivity index (χ4v) is 1.85. The lowest BCUT2D eigenvalue weighted by Crippen LogP contribution is -2.35. The van der Waals surface area contributed by atoms with Crippen molar-refractivity contribution in [3.8, 4) is 0 Å². The van der Waals surface area contributed by atoms with E-state index in [1.807, 2.05) is 0 Å². The molecule has 1 N–H and O–H groups in total. The summed E-state index contributed by atoms with van der Waals surface area (Å²) in [5.41, 5.74) is 1.08. The van der Waals surface area contributed by atoms with E-state index in [4.69, 9.17) is 4.74 Å². The van der Waals surface area contributed by atoms with Crippen LogP contribution in [0.25, 0.3) is 0 Å². The summed E-state index contributed by atoms with van der Waals surface area (Å²) in [7, 11) is 0. The Hall–Kier alpha value is -0.990. The summed E-state index contributed by atoms with van der Waals surface area (Å²) >= 11 is 0. The lowest BCUT2D eigenvalue weighted by Gasteiger charge is -2.21. The van der Waals surface area contributed by atoms with Gasteiger partial charge in [-0.15, -0.1) is 0 Å². The van der Waals surface area contributed by atoms with Crippen LogP contribution in [0.2, 0.25) is 0 Å². The predicted molar refractivity (Wildman–Crippen MR) is 60.7 cm³/mol. The van der Waals surface area contributed by atoms with Gasteiger partial charge in [0.2, 0.25) is 0 Å². The summed E-state index contributed by atoms with van der Waals surface area (Å²) in [5.74, 6) is 0.326. The summed E-state index contributed by atoms with van der Waals surface area (Å²) < 4.78 is 5.23. The minimum atomic E-state index is -0.309. The molecule has 0 unspecified atom stereocenters. The van der Waals surface area contributed by atoms with Crippen molar-refractivity contribution >= 4 is 6.09 Å². The van der Waals surface area contributed by atoms with Crippen LogP contribution in [0.5, 0.6) is 0 Å². The van der Waals surface area contributed by atoms with E-state index >= 15 is 0 Å². The Labute approximate surface area is 91.9 Å². The highest BCUT2D eigenvalue weighted by Gasteiger charge is 2.37. The van der Waals surface area contributed by atoms with Crippen LogP contribution in [0.15, 0.2) is 12.2 Å². The summed E-state index contributed by atoms with van der Waals surface area (Å²) in [6.07, 6.45) is 2.87. The second kappa shape index (κ2) is 5.19. The Morgan fingerprint density at radius 3 is 2.80 bits per heavy atom. The van der Waals surface area contributed by atoms with Crippen molar-refractivity contribution in [2.45, 2.75) is 52.2 Å². The summed E-state index contributed by atoms with van der Waals surface area (Å²) in [6.45, 7) is 10.3. The molecule has 15 heavy (non-hydrogen) atoms. The first kappa shape index (κ1) is 12.1. The maximum absolute atomic E-state index is 11.2. The summed E-state index contributed by atoms with van der Waals surface area (Å²) in [5, 5.41) is 2.83. The molecule has 1 amide bonds.